The van der Waals surface area contributed by atoms with Crippen LogP contribution in [-0.2, 0) is 14.1 Å². The highest BCUT2D eigenvalue weighted by Crippen LogP contribution is 2.54. The molecule has 1 aromatic carbocycles. The normalized spacial score (nSPS) is 22.6. The van der Waals surface area contributed by atoms with Crippen LogP contribution >= 0.6 is 31.8 Å². The van der Waals surface area contributed by atoms with Crippen LogP contribution in [0.4, 0.5) is 0 Å². The molecule has 94 valence electrons. The Labute approximate surface area is 113 Å². The van der Waals surface area contributed by atoms with Crippen molar-refractivity contribution < 1.29 is 23.1 Å². The first-order valence-electron chi connectivity index (χ1n) is 4.83. The lowest BCUT2D eigenvalue weighted by molar-refractivity contribution is -0.148. The molecule has 1 unspecified atom stereocenters. The Morgan fingerprint density at radius 1 is 1.17 bits per heavy atom. The van der Waals surface area contributed by atoms with Crippen LogP contribution in [0, 0.1) is 0 Å². The number of ether oxygens (including phenoxy) is 1. The second kappa shape index (κ2) is 4.59. The molecule has 18 heavy (non-hydrogen) atoms. The lowest BCUT2D eigenvalue weighted by Gasteiger charge is -2.13. The molecule has 8 heteroatoms. The van der Waals surface area contributed by atoms with Gasteiger partial charge in [0.15, 0.2) is 11.5 Å². The Kier molecular flexibility index (Phi) is 3.08. The van der Waals surface area contributed by atoms with Gasteiger partial charge in [-0.25, -0.2) is 9.32 Å². The summed E-state index contributed by atoms with van der Waals surface area (Å²) < 4.78 is 20.9. The van der Waals surface area contributed by atoms with E-state index in [1.54, 1.807) is 24.3 Å². The molecule has 0 aliphatic carbocycles. The number of fused-ring (bicyclic) bond motifs is 1. The molecule has 0 N–H and O–H groups in total. The van der Waals surface area contributed by atoms with Crippen molar-refractivity contribution in [3.05, 3.63) is 34.3 Å². The molecule has 0 bridgehead atoms. The molecule has 5 nitrogen and oxygen atoms in total. The van der Waals surface area contributed by atoms with E-state index in [9.17, 15) is 4.79 Å². The van der Waals surface area contributed by atoms with Gasteiger partial charge in [0.05, 0.1) is 0 Å². The summed E-state index contributed by atoms with van der Waals surface area (Å²) in [5.41, 5.74) is 0. The topological polar surface area (TPSA) is 54.0 Å². The first-order valence-corrected chi connectivity index (χ1v) is 6.68. The monoisotopic (exact) mass is 306 g/mol. The Morgan fingerprint density at radius 2 is 1.78 bits per heavy atom. The largest absolute Gasteiger partial charge is 0.466 e. The van der Waals surface area contributed by atoms with Gasteiger partial charge in [-0.05, 0) is 12.1 Å². The second-order valence-corrected chi connectivity index (χ2v) is 5.17. The van der Waals surface area contributed by atoms with Gasteiger partial charge in [-0.1, -0.05) is 35.3 Å². The summed E-state index contributed by atoms with van der Waals surface area (Å²) in [4.78, 5) is 11.1. The Bertz CT molecular complexity index is 522. The summed E-state index contributed by atoms with van der Waals surface area (Å²) >= 11 is 11.4. The summed E-state index contributed by atoms with van der Waals surface area (Å²) in [5.74, 6) is 0.414. The van der Waals surface area contributed by atoms with Crippen LogP contribution in [0.15, 0.2) is 34.3 Å². The molecule has 0 fully saturated rings. The zero-order valence-corrected chi connectivity index (χ0v) is 11.0. The number of cyclic esters (lactones) is 1. The van der Waals surface area contributed by atoms with E-state index in [0.29, 0.717) is 11.5 Å². The molecule has 0 radical (unpaired) electrons. The Morgan fingerprint density at radius 3 is 2.28 bits per heavy atom. The minimum Gasteiger partial charge on any atom is -0.425 e. The van der Waals surface area contributed by atoms with Crippen molar-refractivity contribution in [1.29, 1.82) is 0 Å². The molecule has 3 rings (SSSR count). The number of hydrogen-bond acceptors (Lipinski definition) is 5. The molecule has 0 amide bonds. The van der Waals surface area contributed by atoms with Gasteiger partial charge in [-0.3, -0.25) is 0 Å². The van der Waals surface area contributed by atoms with Gasteiger partial charge in [0.1, 0.15) is 10.1 Å². The van der Waals surface area contributed by atoms with Crippen molar-refractivity contribution >= 4 is 37.8 Å². The van der Waals surface area contributed by atoms with E-state index < -0.39 is 20.9 Å². The van der Waals surface area contributed by atoms with Gasteiger partial charge in [0.25, 0.3) is 6.29 Å². The molecule has 0 spiro atoms. The zero-order valence-electron chi connectivity index (χ0n) is 8.63. The number of para-hydroxylation sites is 2. The average molecular weight is 307 g/mol. The Balaban J connectivity index is 1.69. The minimum atomic E-state index is -1.70. The average Bonchev–Trinajstić information content (AvgIpc) is 2.87. The first-order chi connectivity index (χ1) is 8.65. The highest BCUT2D eigenvalue weighted by atomic mass is 35.5. The third-order valence-corrected chi connectivity index (χ3v) is 4.06. The third-order valence-electron chi connectivity index (χ3n) is 2.19. The lowest BCUT2D eigenvalue weighted by atomic mass is 10.3. The molecule has 2 aliphatic rings. The standard InChI is InChI=1S/C10H5Cl2O5P/c11-7-8(12)10(14-9(7)13)17-18-15-5-3-1-2-4-6(5)16-18/h1-4,10H. The molecule has 0 saturated carbocycles. The number of benzene rings is 1. The molecule has 1 aromatic rings. The number of hydrogen-bond donors (Lipinski definition) is 0. The number of rotatable bonds is 2. The van der Waals surface area contributed by atoms with Crippen LogP contribution < -0.4 is 9.05 Å². The van der Waals surface area contributed by atoms with Crippen LogP contribution in [0.3, 0.4) is 0 Å². The van der Waals surface area contributed by atoms with Gasteiger partial charge in [-0.2, -0.15) is 0 Å². The quantitative estimate of drug-likeness (QED) is 0.620. The first kappa shape index (κ1) is 12.1. The van der Waals surface area contributed by atoms with E-state index in [-0.39, 0.29) is 10.1 Å². The molecule has 2 heterocycles. The van der Waals surface area contributed by atoms with Crippen molar-refractivity contribution in [1.82, 2.24) is 0 Å². The van der Waals surface area contributed by atoms with Crippen LogP contribution in [0.2, 0.25) is 0 Å². The molecule has 1 atom stereocenters. The summed E-state index contributed by atoms with van der Waals surface area (Å²) in [6.45, 7) is 0. The maximum Gasteiger partial charge on any atom is 0.466 e. The van der Waals surface area contributed by atoms with Crippen LogP contribution in [0.25, 0.3) is 0 Å². The highest BCUT2D eigenvalue weighted by molar-refractivity contribution is 7.43. The predicted molar refractivity (Wildman–Crippen MR) is 64.3 cm³/mol. The van der Waals surface area contributed by atoms with E-state index in [1.165, 1.54) is 0 Å². The smallest absolute Gasteiger partial charge is 0.425 e. The number of carbonyl (C=O) groups excluding carboxylic acids is 1. The van der Waals surface area contributed by atoms with Gasteiger partial charge in [-0.15, -0.1) is 0 Å². The number of carbonyl (C=O) groups is 1. The number of esters is 1. The van der Waals surface area contributed by atoms with Crippen molar-refractivity contribution in [2.45, 2.75) is 6.29 Å². The predicted octanol–water partition coefficient (Wildman–Crippen LogP) is 3.27. The molecule has 0 aromatic heterocycles. The third kappa shape index (κ3) is 2.04. The summed E-state index contributed by atoms with van der Waals surface area (Å²) in [6, 6.07) is 7.10. The maximum absolute atomic E-state index is 11.1. The molecular formula is C10H5Cl2O5P. The van der Waals surface area contributed by atoms with Crippen molar-refractivity contribution in [2.24, 2.45) is 0 Å². The maximum atomic E-state index is 11.1. The zero-order chi connectivity index (χ0) is 12.7. The molecule has 0 saturated heterocycles. The molecule has 2 aliphatic heterocycles. The van der Waals surface area contributed by atoms with E-state index in [2.05, 4.69) is 0 Å². The fraction of sp³-hybridized carbons (Fsp3) is 0.100. The summed E-state index contributed by atoms with van der Waals surface area (Å²) in [6.07, 6.45) is -1.08. The summed E-state index contributed by atoms with van der Waals surface area (Å²) in [5, 5.41) is -0.194. The molecular weight excluding hydrogens is 302 g/mol. The van der Waals surface area contributed by atoms with E-state index in [0.717, 1.165) is 0 Å². The van der Waals surface area contributed by atoms with Crippen molar-refractivity contribution in [2.75, 3.05) is 0 Å². The van der Waals surface area contributed by atoms with E-state index in [4.69, 9.17) is 41.5 Å². The highest BCUT2D eigenvalue weighted by Gasteiger charge is 2.39. The fourth-order valence-electron chi connectivity index (χ4n) is 1.37. The van der Waals surface area contributed by atoms with Crippen LogP contribution in [0.1, 0.15) is 0 Å². The fourth-order valence-corrected chi connectivity index (χ4v) is 2.78. The second-order valence-electron chi connectivity index (χ2n) is 3.36. The number of halogens is 2. The van der Waals surface area contributed by atoms with Crippen LogP contribution in [-0.4, -0.2) is 12.3 Å². The van der Waals surface area contributed by atoms with Crippen molar-refractivity contribution in [3.63, 3.8) is 0 Å². The van der Waals surface area contributed by atoms with Gasteiger partial charge < -0.3 is 13.8 Å². The van der Waals surface area contributed by atoms with Gasteiger partial charge in [0, 0.05) is 0 Å². The van der Waals surface area contributed by atoms with Crippen LogP contribution in [0.5, 0.6) is 11.5 Å². The van der Waals surface area contributed by atoms with E-state index >= 15 is 0 Å². The minimum absolute atomic E-state index is 0.00711. The van der Waals surface area contributed by atoms with E-state index in [1.807, 2.05) is 0 Å². The summed E-state index contributed by atoms with van der Waals surface area (Å²) in [7, 11) is -1.70. The Hall–Kier alpha value is -1.00. The van der Waals surface area contributed by atoms with Crippen molar-refractivity contribution in [3.8, 4) is 11.5 Å². The van der Waals surface area contributed by atoms with Gasteiger partial charge >= 0.3 is 14.6 Å². The van der Waals surface area contributed by atoms with Gasteiger partial charge in [0.2, 0.25) is 0 Å². The lowest BCUT2D eigenvalue weighted by Crippen LogP contribution is -2.13. The SMILES string of the molecule is O=C1OC(OP2Oc3ccccc3O2)C(Cl)=C1Cl.